The number of fused-ring (bicyclic) bond motifs is 1. The lowest BCUT2D eigenvalue weighted by molar-refractivity contribution is -0.116. The first kappa shape index (κ1) is 7.98. The van der Waals surface area contributed by atoms with E-state index >= 15 is 0 Å². The average molecular weight is 174 g/mol. The van der Waals surface area contributed by atoms with Crippen molar-refractivity contribution in [2.24, 2.45) is 4.99 Å². The Bertz CT molecular complexity index is 371. The zero-order valence-corrected chi connectivity index (χ0v) is 7.40. The van der Waals surface area contributed by atoms with Gasteiger partial charge < -0.3 is 4.90 Å². The molecule has 1 aromatic carbocycles. The van der Waals surface area contributed by atoms with Gasteiger partial charge in [0.25, 0.3) is 5.91 Å². The van der Waals surface area contributed by atoms with Crippen molar-refractivity contribution in [1.29, 1.82) is 0 Å². The molecule has 3 nitrogen and oxygen atoms in total. The van der Waals surface area contributed by atoms with E-state index in [1.54, 1.807) is 6.21 Å². The second-order valence-electron chi connectivity index (χ2n) is 3.07. The molecule has 2 rings (SSSR count). The van der Waals surface area contributed by atoms with Crippen LogP contribution in [0.3, 0.4) is 0 Å². The predicted octanol–water partition coefficient (Wildman–Crippen LogP) is 1.08. The van der Waals surface area contributed by atoms with Gasteiger partial charge in [-0.2, -0.15) is 0 Å². The summed E-state index contributed by atoms with van der Waals surface area (Å²) in [5, 5.41) is 0. The van der Waals surface area contributed by atoms with Crippen molar-refractivity contribution in [2.45, 2.75) is 0 Å². The predicted molar refractivity (Wildman–Crippen MR) is 52.3 cm³/mol. The fourth-order valence-electron chi connectivity index (χ4n) is 1.41. The van der Waals surface area contributed by atoms with E-state index in [1.165, 1.54) is 0 Å². The summed E-state index contributed by atoms with van der Waals surface area (Å²) >= 11 is 0. The van der Waals surface area contributed by atoms with Crippen molar-refractivity contribution in [1.82, 2.24) is 0 Å². The van der Waals surface area contributed by atoms with Crippen LogP contribution in [0.15, 0.2) is 29.3 Å². The normalized spacial score (nSPS) is 15.5. The molecule has 3 heteroatoms. The smallest absolute Gasteiger partial charge is 0.265 e. The molecule has 0 spiro atoms. The van der Waals surface area contributed by atoms with Gasteiger partial charge in [0.05, 0.1) is 6.54 Å². The third-order valence-electron chi connectivity index (χ3n) is 2.07. The van der Waals surface area contributed by atoms with Gasteiger partial charge in [0.15, 0.2) is 0 Å². The molecule has 1 aliphatic rings. The summed E-state index contributed by atoms with van der Waals surface area (Å²) in [6, 6.07) is 7.83. The number of likely N-dealkylation sites (N-methyl/N-ethyl adjacent to an activating group) is 1. The topological polar surface area (TPSA) is 32.7 Å². The number of carbonyl (C=O) groups excluding carboxylic acids is 1. The monoisotopic (exact) mass is 174 g/mol. The van der Waals surface area contributed by atoms with E-state index in [2.05, 4.69) is 4.99 Å². The Hall–Kier alpha value is -1.64. The van der Waals surface area contributed by atoms with E-state index in [0.717, 1.165) is 11.3 Å². The van der Waals surface area contributed by atoms with Gasteiger partial charge in [-0.05, 0) is 6.07 Å². The molecular weight excluding hydrogens is 164 g/mol. The number of amides is 1. The SMILES string of the molecule is CN1CC(=O)N=Cc2ccccc21. The highest BCUT2D eigenvalue weighted by atomic mass is 16.1. The Kier molecular flexibility index (Phi) is 1.85. The Morgan fingerprint density at radius 1 is 1.38 bits per heavy atom. The van der Waals surface area contributed by atoms with Gasteiger partial charge in [0.1, 0.15) is 0 Å². The largest absolute Gasteiger partial charge is 0.365 e. The maximum Gasteiger partial charge on any atom is 0.265 e. The van der Waals surface area contributed by atoms with Crippen LogP contribution in [0.2, 0.25) is 0 Å². The quantitative estimate of drug-likeness (QED) is 0.589. The highest BCUT2D eigenvalue weighted by Crippen LogP contribution is 2.18. The molecule has 0 unspecified atom stereocenters. The summed E-state index contributed by atoms with van der Waals surface area (Å²) in [5.74, 6) is -0.0984. The fourth-order valence-corrected chi connectivity index (χ4v) is 1.41. The maximum absolute atomic E-state index is 11.1. The van der Waals surface area contributed by atoms with Crippen LogP contribution in [0, 0.1) is 0 Å². The second-order valence-corrected chi connectivity index (χ2v) is 3.07. The summed E-state index contributed by atoms with van der Waals surface area (Å²) < 4.78 is 0. The van der Waals surface area contributed by atoms with Gasteiger partial charge in [-0.3, -0.25) is 4.79 Å². The van der Waals surface area contributed by atoms with E-state index < -0.39 is 0 Å². The van der Waals surface area contributed by atoms with Crippen LogP contribution in [0.1, 0.15) is 5.56 Å². The van der Waals surface area contributed by atoms with Gasteiger partial charge in [0.2, 0.25) is 0 Å². The fraction of sp³-hybridized carbons (Fsp3) is 0.200. The first-order valence-corrected chi connectivity index (χ1v) is 4.14. The molecule has 66 valence electrons. The number of rotatable bonds is 0. The van der Waals surface area contributed by atoms with Gasteiger partial charge in [-0.25, -0.2) is 4.99 Å². The van der Waals surface area contributed by atoms with Gasteiger partial charge >= 0.3 is 0 Å². The van der Waals surface area contributed by atoms with Crippen LogP contribution in [0.5, 0.6) is 0 Å². The zero-order chi connectivity index (χ0) is 9.26. The minimum atomic E-state index is -0.0984. The van der Waals surface area contributed by atoms with Crippen LogP contribution < -0.4 is 4.90 Å². The van der Waals surface area contributed by atoms with E-state index in [-0.39, 0.29) is 5.91 Å². The van der Waals surface area contributed by atoms with E-state index in [9.17, 15) is 4.79 Å². The maximum atomic E-state index is 11.1. The van der Waals surface area contributed by atoms with Crippen LogP contribution >= 0.6 is 0 Å². The lowest BCUT2D eigenvalue weighted by atomic mass is 10.2. The molecule has 1 aromatic rings. The van der Waals surface area contributed by atoms with Crippen molar-refractivity contribution < 1.29 is 4.79 Å². The molecule has 1 heterocycles. The minimum absolute atomic E-state index is 0.0984. The van der Waals surface area contributed by atoms with Crippen LogP contribution in [0.4, 0.5) is 5.69 Å². The van der Waals surface area contributed by atoms with E-state index in [4.69, 9.17) is 0 Å². The molecule has 0 saturated heterocycles. The highest BCUT2D eigenvalue weighted by molar-refractivity contribution is 6.00. The third-order valence-corrected chi connectivity index (χ3v) is 2.07. The molecule has 13 heavy (non-hydrogen) atoms. The zero-order valence-electron chi connectivity index (χ0n) is 7.40. The number of nitrogens with zero attached hydrogens (tertiary/aromatic N) is 2. The van der Waals surface area contributed by atoms with Crippen LogP contribution in [-0.2, 0) is 4.79 Å². The minimum Gasteiger partial charge on any atom is -0.365 e. The molecule has 0 aliphatic carbocycles. The number of hydrogen-bond donors (Lipinski definition) is 0. The highest BCUT2D eigenvalue weighted by Gasteiger charge is 2.12. The van der Waals surface area contributed by atoms with Crippen molar-refractivity contribution in [3.63, 3.8) is 0 Å². The van der Waals surface area contributed by atoms with E-state index in [0.29, 0.717) is 6.54 Å². The molecule has 0 fully saturated rings. The number of benzene rings is 1. The van der Waals surface area contributed by atoms with Gasteiger partial charge in [-0.15, -0.1) is 0 Å². The van der Waals surface area contributed by atoms with Gasteiger partial charge in [0, 0.05) is 24.5 Å². The summed E-state index contributed by atoms with van der Waals surface area (Å²) in [6.45, 7) is 0.355. The molecular formula is C10H10N2O. The number of aliphatic imine (C=N–C) groups is 1. The number of carbonyl (C=O) groups is 1. The standard InChI is InChI=1S/C10H10N2O/c1-12-7-10(13)11-6-8-4-2-3-5-9(8)12/h2-6H,7H2,1H3. The number of benzodiazepines with no additional fused rings is 1. The molecule has 0 radical (unpaired) electrons. The number of para-hydroxylation sites is 1. The number of anilines is 1. The molecule has 0 atom stereocenters. The Labute approximate surface area is 76.7 Å². The molecule has 0 N–H and O–H groups in total. The Morgan fingerprint density at radius 3 is 3.00 bits per heavy atom. The number of hydrogen-bond acceptors (Lipinski definition) is 2. The van der Waals surface area contributed by atoms with Gasteiger partial charge in [-0.1, -0.05) is 18.2 Å². The first-order valence-electron chi connectivity index (χ1n) is 4.14. The van der Waals surface area contributed by atoms with Crippen molar-refractivity contribution >= 4 is 17.8 Å². The van der Waals surface area contributed by atoms with Crippen molar-refractivity contribution in [3.8, 4) is 0 Å². The Morgan fingerprint density at radius 2 is 2.15 bits per heavy atom. The lowest BCUT2D eigenvalue weighted by Gasteiger charge is -2.16. The summed E-state index contributed by atoms with van der Waals surface area (Å²) in [6.07, 6.45) is 1.63. The van der Waals surface area contributed by atoms with Crippen molar-refractivity contribution in [2.75, 3.05) is 18.5 Å². The first-order chi connectivity index (χ1) is 6.27. The Balaban J connectivity index is 2.51. The third kappa shape index (κ3) is 1.45. The molecule has 0 bridgehead atoms. The summed E-state index contributed by atoms with van der Waals surface area (Å²) in [4.78, 5) is 16.8. The summed E-state index contributed by atoms with van der Waals surface area (Å²) in [5.41, 5.74) is 2.05. The van der Waals surface area contributed by atoms with Crippen LogP contribution in [-0.4, -0.2) is 25.7 Å². The molecule has 0 saturated carbocycles. The average Bonchev–Trinajstić information content (AvgIpc) is 2.27. The van der Waals surface area contributed by atoms with E-state index in [1.807, 2.05) is 36.2 Å². The van der Waals surface area contributed by atoms with Crippen LogP contribution in [0.25, 0.3) is 0 Å². The van der Waals surface area contributed by atoms with Crippen molar-refractivity contribution in [3.05, 3.63) is 29.8 Å². The lowest BCUT2D eigenvalue weighted by Crippen LogP contribution is -2.23. The molecule has 1 aliphatic heterocycles. The second kappa shape index (κ2) is 3.01. The molecule has 1 amide bonds. The summed E-state index contributed by atoms with van der Waals surface area (Å²) in [7, 11) is 1.89. The molecule has 0 aromatic heterocycles.